The summed E-state index contributed by atoms with van der Waals surface area (Å²) in [6.45, 7) is 6.51. The fourth-order valence-corrected chi connectivity index (χ4v) is 4.03. The molecule has 0 aliphatic heterocycles. The van der Waals surface area contributed by atoms with Crippen molar-refractivity contribution in [3.05, 3.63) is 29.8 Å². The molecular formula is C17H22ClFN2. The first-order chi connectivity index (χ1) is 9.97. The van der Waals surface area contributed by atoms with Gasteiger partial charge in [0, 0.05) is 6.04 Å². The zero-order chi connectivity index (χ0) is 15.1. The number of aromatic nitrogens is 2. The van der Waals surface area contributed by atoms with Crippen molar-refractivity contribution in [1.82, 2.24) is 9.55 Å². The van der Waals surface area contributed by atoms with Crippen LogP contribution in [0.4, 0.5) is 4.39 Å². The van der Waals surface area contributed by atoms with Gasteiger partial charge in [0.25, 0.3) is 0 Å². The Balaban J connectivity index is 2.15. The van der Waals surface area contributed by atoms with Crippen LogP contribution in [0.15, 0.2) is 18.2 Å². The number of alkyl halides is 1. The number of hydrogen-bond acceptors (Lipinski definition) is 1. The first kappa shape index (κ1) is 14.8. The molecule has 1 fully saturated rings. The number of imidazole rings is 1. The number of para-hydroxylation sites is 1. The second-order valence-electron chi connectivity index (χ2n) is 6.63. The van der Waals surface area contributed by atoms with Gasteiger partial charge >= 0.3 is 0 Å². The highest BCUT2D eigenvalue weighted by Crippen LogP contribution is 2.40. The van der Waals surface area contributed by atoms with Crippen molar-refractivity contribution in [2.24, 2.45) is 11.8 Å². The quantitative estimate of drug-likeness (QED) is 0.672. The molecule has 21 heavy (non-hydrogen) atoms. The average molecular weight is 309 g/mol. The van der Waals surface area contributed by atoms with E-state index >= 15 is 0 Å². The molecule has 0 radical (unpaired) electrons. The van der Waals surface area contributed by atoms with Crippen LogP contribution in [-0.2, 0) is 0 Å². The minimum absolute atomic E-state index is 0.218. The molecule has 0 N–H and O–H groups in total. The lowest BCUT2D eigenvalue weighted by Crippen LogP contribution is -2.24. The van der Waals surface area contributed by atoms with Gasteiger partial charge in [0.2, 0.25) is 0 Å². The smallest absolute Gasteiger partial charge is 0.151 e. The predicted molar refractivity (Wildman–Crippen MR) is 85.2 cm³/mol. The summed E-state index contributed by atoms with van der Waals surface area (Å²) in [6.07, 6.45) is 3.50. The van der Waals surface area contributed by atoms with E-state index in [0.29, 0.717) is 23.4 Å². The highest BCUT2D eigenvalue weighted by Gasteiger charge is 2.29. The van der Waals surface area contributed by atoms with E-state index in [1.807, 2.05) is 13.0 Å². The number of hydrogen-bond donors (Lipinski definition) is 0. The molecule has 0 amide bonds. The van der Waals surface area contributed by atoms with Crippen LogP contribution in [0.3, 0.4) is 0 Å². The van der Waals surface area contributed by atoms with Gasteiger partial charge in [-0.2, -0.15) is 0 Å². The Bertz CT molecular complexity index is 640. The number of nitrogens with zero attached hydrogens (tertiary/aromatic N) is 2. The number of benzene rings is 1. The first-order valence-corrected chi connectivity index (χ1v) is 8.21. The summed E-state index contributed by atoms with van der Waals surface area (Å²) < 4.78 is 16.2. The Kier molecular flexibility index (Phi) is 3.96. The van der Waals surface area contributed by atoms with Crippen molar-refractivity contribution in [2.45, 2.75) is 51.5 Å². The van der Waals surface area contributed by atoms with Crippen LogP contribution in [0.25, 0.3) is 11.0 Å². The molecule has 4 heteroatoms. The van der Waals surface area contributed by atoms with Crippen molar-refractivity contribution in [3.63, 3.8) is 0 Å². The van der Waals surface area contributed by atoms with Gasteiger partial charge in [0.1, 0.15) is 11.3 Å². The van der Waals surface area contributed by atoms with Crippen LogP contribution >= 0.6 is 11.6 Å². The standard InChI is InChI=1S/C17H22ClFN2/c1-10-7-11(2)9-13(8-10)21-15-6-4-5-14(19)16(15)20-17(21)12(3)18/h4-6,10-13H,7-9H2,1-3H3. The zero-order valence-electron chi connectivity index (χ0n) is 12.8. The maximum atomic E-state index is 14.0. The lowest BCUT2D eigenvalue weighted by atomic mass is 9.80. The first-order valence-electron chi connectivity index (χ1n) is 7.77. The average Bonchev–Trinajstić information content (AvgIpc) is 2.78. The summed E-state index contributed by atoms with van der Waals surface area (Å²) in [4.78, 5) is 4.49. The van der Waals surface area contributed by atoms with Gasteiger partial charge in [0.15, 0.2) is 5.82 Å². The second kappa shape index (κ2) is 5.60. The Morgan fingerprint density at radius 1 is 1.24 bits per heavy atom. The molecule has 114 valence electrons. The van der Waals surface area contributed by atoms with E-state index in [4.69, 9.17) is 11.6 Å². The molecule has 0 spiro atoms. The van der Waals surface area contributed by atoms with Gasteiger partial charge in [-0.3, -0.25) is 0 Å². The molecule has 1 saturated carbocycles. The fraction of sp³-hybridized carbons (Fsp3) is 0.588. The van der Waals surface area contributed by atoms with Crippen molar-refractivity contribution in [1.29, 1.82) is 0 Å². The maximum Gasteiger partial charge on any atom is 0.151 e. The third-order valence-electron chi connectivity index (χ3n) is 4.57. The molecule has 3 unspecified atom stereocenters. The molecule has 2 nitrogen and oxygen atoms in total. The number of rotatable bonds is 2. The van der Waals surface area contributed by atoms with Gasteiger partial charge in [-0.05, 0) is 50.2 Å². The Labute approximate surface area is 130 Å². The van der Waals surface area contributed by atoms with E-state index in [9.17, 15) is 4.39 Å². The monoisotopic (exact) mass is 308 g/mol. The van der Waals surface area contributed by atoms with E-state index in [-0.39, 0.29) is 11.2 Å². The number of fused-ring (bicyclic) bond motifs is 1. The fourth-order valence-electron chi connectivity index (χ4n) is 3.88. The second-order valence-corrected chi connectivity index (χ2v) is 7.29. The number of halogens is 2. The third-order valence-corrected chi connectivity index (χ3v) is 4.77. The summed E-state index contributed by atoms with van der Waals surface area (Å²) in [7, 11) is 0. The topological polar surface area (TPSA) is 17.8 Å². The predicted octanol–water partition coefficient (Wildman–Crippen LogP) is 5.47. The van der Waals surface area contributed by atoms with Gasteiger partial charge in [-0.1, -0.05) is 19.9 Å². The van der Waals surface area contributed by atoms with Crippen LogP contribution in [-0.4, -0.2) is 9.55 Å². The summed E-state index contributed by atoms with van der Waals surface area (Å²) in [6, 6.07) is 5.55. The molecule has 3 atom stereocenters. The van der Waals surface area contributed by atoms with E-state index in [1.165, 1.54) is 12.5 Å². The minimum atomic E-state index is -0.262. The largest absolute Gasteiger partial charge is 0.324 e. The Morgan fingerprint density at radius 2 is 1.90 bits per heavy atom. The molecule has 1 heterocycles. The Hall–Kier alpha value is -1.09. The zero-order valence-corrected chi connectivity index (χ0v) is 13.6. The molecule has 1 aromatic carbocycles. The van der Waals surface area contributed by atoms with Crippen LogP contribution in [0.5, 0.6) is 0 Å². The van der Waals surface area contributed by atoms with E-state index < -0.39 is 0 Å². The van der Waals surface area contributed by atoms with Gasteiger partial charge < -0.3 is 4.57 Å². The molecule has 3 rings (SSSR count). The molecule has 1 aliphatic carbocycles. The summed E-state index contributed by atoms with van der Waals surface area (Å²) in [5.41, 5.74) is 1.33. The van der Waals surface area contributed by atoms with Crippen LogP contribution < -0.4 is 0 Å². The maximum absolute atomic E-state index is 14.0. The van der Waals surface area contributed by atoms with Crippen LogP contribution in [0, 0.1) is 17.7 Å². The van der Waals surface area contributed by atoms with Crippen LogP contribution in [0.1, 0.15) is 57.3 Å². The SMILES string of the molecule is CC1CC(C)CC(n2c(C(C)Cl)nc3c(F)cccc32)C1. The lowest BCUT2D eigenvalue weighted by Gasteiger charge is -2.33. The summed E-state index contributed by atoms with van der Waals surface area (Å²) in [5, 5.41) is -0.218. The van der Waals surface area contributed by atoms with Gasteiger partial charge in [0.05, 0.1) is 10.9 Å². The van der Waals surface area contributed by atoms with Crippen molar-refractivity contribution < 1.29 is 4.39 Å². The molecule has 2 aromatic rings. The normalized spacial score (nSPS) is 28.0. The van der Waals surface area contributed by atoms with Crippen molar-refractivity contribution in [2.75, 3.05) is 0 Å². The van der Waals surface area contributed by atoms with Gasteiger partial charge in [-0.25, -0.2) is 9.37 Å². The van der Waals surface area contributed by atoms with Crippen molar-refractivity contribution >= 4 is 22.6 Å². The molecule has 0 bridgehead atoms. The Morgan fingerprint density at radius 3 is 2.52 bits per heavy atom. The molecule has 0 saturated heterocycles. The van der Waals surface area contributed by atoms with Crippen LogP contribution in [0.2, 0.25) is 0 Å². The highest BCUT2D eigenvalue weighted by molar-refractivity contribution is 6.20. The van der Waals surface area contributed by atoms with E-state index in [0.717, 1.165) is 24.2 Å². The van der Waals surface area contributed by atoms with Gasteiger partial charge in [-0.15, -0.1) is 11.6 Å². The molecule has 1 aromatic heterocycles. The third kappa shape index (κ3) is 2.68. The summed E-state index contributed by atoms with van der Waals surface area (Å²) in [5.74, 6) is 1.90. The van der Waals surface area contributed by atoms with E-state index in [1.54, 1.807) is 6.07 Å². The lowest BCUT2D eigenvalue weighted by molar-refractivity contribution is 0.221. The minimum Gasteiger partial charge on any atom is -0.324 e. The molecular weight excluding hydrogens is 287 g/mol. The molecule has 1 aliphatic rings. The summed E-state index contributed by atoms with van der Waals surface area (Å²) >= 11 is 6.32. The van der Waals surface area contributed by atoms with Crippen molar-refractivity contribution in [3.8, 4) is 0 Å². The highest BCUT2D eigenvalue weighted by atomic mass is 35.5. The van der Waals surface area contributed by atoms with E-state index in [2.05, 4.69) is 23.4 Å².